The van der Waals surface area contributed by atoms with Crippen molar-refractivity contribution in [3.63, 3.8) is 0 Å². The van der Waals surface area contributed by atoms with Gasteiger partial charge in [0, 0.05) is 30.1 Å². The summed E-state index contributed by atoms with van der Waals surface area (Å²) in [6, 6.07) is 7.77. The minimum absolute atomic E-state index is 0.0313. The molecule has 1 atom stereocenters. The minimum Gasteiger partial charge on any atom is -0.451 e. The SMILES string of the molecule is Cc1c(C(=O)N2CCC[C@@H](C(=O)NC(C)C)C2)oc2ccccc12. The summed E-state index contributed by atoms with van der Waals surface area (Å²) in [6.07, 6.45) is 1.66. The maximum atomic E-state index is 12.9. The first-order valence-corrected chi connectivity index (χ1v) is 8.55. The van der Waals surface area contributed by atoms with Gasteiger partial charge in [-0.1, -0.05) is 18.2 Å². The van der Waals surface area contributed by atoms with Crippen LogP contribution < -0.4 is 5.32 Å². The van der Waals surface area contributed by atoms with Gasteiger partial charge in [-0.25, -0.2) is 0 Å². The average molecular weight is 328 g/mol. The van der Waals surface area contributed by atoms with E-state index in [1.165, 1.54) is 0 Å². The highest BCUT2D eigenvalue weighted by Crippen LogP contribution is 2.27. The van der Waals surface area contributed by atoms with E-state index < -0.39 is 0 Å². The molecule has 1 aromatic carbocycles. The normalized spacial score (nSPS) is 18.2. The molecule has 0 saturated carbocycles. The van der Waals surface area contributed by atoms with E-state index in [2.05, 4.69) is 5.32 Å². The van der Waals surface area contributed by atoms with Crippen molar-refractivity contribution in [3.05, 3.63) is 35.6 Å². The predicted molar refractivity (Wildman–Crippen MR) is 92.9 cm³/mol. The summed E-state index contributed by atoms with van der Waals surface area (Å²) in [5.41, 5.74) is 1.59. The quantitative estimate of drug-likeness (QED) is 0.941. The summed E-state index contributed by atoms with van der Waals surface area (Å²) >= 11 is 0. The highest BCUT2D eigenvalue weighted by atomic mass is 16.3. The smallest absolute Gasteiger partial charge is 0.289 e. The van der Waals surface area contributed by atoms with Crippen LogP contribution >= 0.6 is 0 Å². The molecule has 3 rings (SSSR count). The minimum atomic E-state index is -0.144. The molecule has 1 aliphatic rings. The zero-order valence-corrected chi connectivity index (χ0v) is 14.5. The summed E-state index contributed by atoms with van der Waals surface area (Å²) in [4.78, 5) is 26.9. The van der Waals surface area contributed by atoms with Gasteiger partial charge in [-0.05, 0) is 39.7 Å². The topological polar surface area (TPSA) is 62.6 Å². The Morgan fingerprint density at radius 2 is 2.04 bits per heavy atom. The maximum Gasteiger partial charge on any atom is 0.289 e. The Labute approximate surface area is 142 Å². The zero-order chi connectivity index (χ0) is 17.3. The molecule has 0 unspecified atom stereocenters. The van der Waals surface area contributed by atoms with Gasteiger partial charge in [0.25, 0.3) is 5.91 Å². The molecule has 2 aromatic rings. The Morgan fingerprint density at radius 1 is 1.29 bits per heavy atom. The first kappa shape index (κ1) is 16.6. The number of amides is 2. The number of hydrogen-bond donors (Lipinski definition) is 1. The molecule has 1 aliphatic heterocycles. The molecular formula is C19H24N2O3. The number of para-hydroxylation sites is 1. The fourth-order valence-corrected chi connectivity index (χ4v) is 3.30. The van der Waals surface area contributed by atoms with E-state index >= 15 is 0 Å². The maximum absolute atomic E-state index is 12.9. The molecule has 1 saturated heterocycles. The molecule has 24 heavy (non-hydrogen) atoms. The van der Waals surface area contributed by atoms with Crippen LogP contribution in [0.4, 0.5) is 0 Å². The van der Waals surface area contributed by atoms with Crippen LogP contribution in [-0.4, -0.2) is 35.8 Å². The van der Waals surface area contributed by atoms with Gasteiger partial charge in [0.05, 0.1) is 5.92 Å². The second-order valence-electron chi connectivity index (χ2n) is 6.81. The summed E-state index contributed by atoms with van der Waals surface area (Å²) in [5.74, 6) is 0.158. The zero-order valence-electron chi connectivity index (χ0n) is 14.5. The van der Waals surface area contributed by atoms with Crippen molar-refractivity contribution in [1.29, 1.82) is 0 Å². The van der Waals surface area contributed by atoms with Crippen LogP contribution in [0, 0.1) is 12.8 Å². The van der Waals surface area contributed by atoms with Gasteiger partial charge in [0.2, 0.25) is 5.91 Å². The number of furan rings is 1. The van der Waals surface area contributed by atoms with Crippen molar-refractivity contribution in [2.45, 2.75) is 39.7 Å². The van der Waals surface area contributed by atoms with Crippen molar-refractivity contribution in [2.24, 2.45) is 5.92 Å². The van der Waals surface area contributed by atoms with Gasteiger partial charge >= 0.3 is 0 Å². The Hall–Kier alpha value is -2.30. The van der Waals surface area contributed by atoms with Crippen molar-refractivity contribution in [3.8, 4) is 0 Å². The lowest BCUT2D eigenvalue weighted by atomic mass is 9.96. The van der Waals surface area contributed by atoms with E-state index in [9.17, 15) is 9.59 Å². The van der Waals surface area contributed by atoms with Crippen molar-refractivity contribution < 1.29 is 14.0 Å². The number of carbonyl (C=O) groups excluding carboxylic acids is 2. The lowest BCUT2D eigenvalue weighted by molar-refractivity contribution is -0.126. The molecule has 5 heteroatoms. The summed E-state index contributed by atoms with van der Waals surface area (Å²) in [5, 5.41) is 3.91. The molecule has 128 valence electrons. The first-order valence-electron chi connectivity index (χ1n) is 8.55. The Morgan fingerprint density at radius 3 is 2.75 bits per heavy atom. The van der Waals surface area contributed by atoms with Gasteiger partial charge < -0.3 is 14.6 Å². The Kier molecular flexibility index (Phi) is 4.60. The Bertz CT molecular complexity index is 763. The fourth-order valence-electron chi connectivity index (χ4n) is 3.30. The van der Waals surface area contributed by atoms with Crippen molar-refractivity contribution >= 4 is 22.8 Å². The van der Waals surface area contributed by atoms with E-state index in [0.29, 0.717) is 18.8 Å². The second kappa shape index (κ2) is 6.67. The molecule has 1 N–H and O–H groups in total. The lowest BCUT2D eigenvalue weighted by Crippen LogP contribution is -2.46. The third-order valence-electron chi connectivity index (χ3n) is 4.55. The van der Waals surface area contributed by atoms with Crippen LogP contribution in [0.2, 0.25) is 0 Å². The molecule has 0 bridgehead atoms. The van der Waals surface area contributed by atoms with Gasteiger partial charge in [-0.15, -0.1) is 0 Å². The van der Waals surface area contributed by atoms with Crippen LogP contribution in [0.15, 0.2) is 28.7 Å². The average Bonchev–Trinajstić information content (AvgIpc) is 2.91. The number of nitrogens with zero attached hydrogens (tertiary/aromatic N) is 1. The van der Waals surface area contributed by atoms with E-state index in [0.717, 1.165) is 29.4 Å². The highest BCUT2D eigenvalue weighted by Gasteiger charge is 2.31. The molecule has 5 nitrogen and oxygen atoms in total. The first-order chi connectivity index (χ1) is 11.5. The van der Waals surface area contributed by atoms with Crippen molar-refractivity contribution in [2.75, 3.05) is 13.1 Å². The van der Waals surface area contributed by atoms with E-state index in [1.54, 1.807) is 4.90 Å². The van der Waals surface area contributed by atoms with Gasteiger partial charge in [-0.3, -0.25) is 9.59 Å². The summed E-state index contributed by atoms with van der Waals surface area (Å²) in [7, 11) is 0. The molecular weight excluding hydrogens is 304 g/mol. The molecule has 1 aromatic heterocycles. The molecule has 2 heterocycles. The fraction of sp³-hybridized carbons (Fsp3) is 0.474. The van der Waals surface area contributed by atoms with E-state index in [1.807, 2.05) is 45.0 Å². The monoisotopic (exact) mass is 328 g/mol. The number of aryl methyl sites for hydroxylation is 1. The number of hydrogen-bond acceptors (Lipinski definition) is 3. The number of nitrogens with one attached hydrogen (secondary N) is 1. The number of benzene rings is 1. The van der Waals surface area contributed by atoms with Crippen LogP contribution in [-0.2, 0) is 4.79 Å². The van der Waals surface area contributed by atoms with Crippen molar-refractivity contribution in [1.82, 2.24) is 10.2 Å². The molecule has 2 amide bonds. The van der Waals surface area contributed by atoms with Gasteiger partial charge in [-0.2, -0.15) is 0 Å². The lowest BCUT2D eigenvalue weighted by Gasteiger charge is -2.32. The van der Waals surface area contributed by atoms with E-state index in [4.69, 9.17) is 4.42 Å². The molecule has 1 fully saturated rings. The standard InChI is InChI=1S/C19H24N2O3/c1-12(2)20-18(22)14-7-6-10-21(11-14)19(23)17-13(3)15-8-4-5-9-16(15)24-17/h4-5,8-9,12,14H,6-7,10-11H2,1-3H3,(H,20,22)/t14-/m1/s1. The van der Waals surface area contributed by atoms with E-state index in [-0.39, 0.29) is 23.8 Å². The van der Waals surface area contributed by atoms with Gasteiger partial charge in [0.1, 0.15) is 5.58 Å². The third kappa shape index (κ3) is 3.16. The number of rotatable bonds is 3. The Balaban J connectivity index is 1.78. The predicted octanol–water partition coefficient (Wildman–Crippen LogP) is 3.12. The van der Waals surface area contributed by atoms with Gasteiger partial charge in [0.15, 0.2) is 5.76 Å². The molecule has 0 radical (unpaired) electrons. The van der Waals surface area contributed by atoms with Crippen LogP contribution in [0.25, 0.3) is 11.0 Å². The number of likely N-dealkylation sites (tertiary alicyclic amines) is 1. The molecule has 0 spiro atoms. The summed E-state index contributed by atoms with van der Waals surface area (Å²) < 4.78 is 5.78. The number of carbonyl (C=O) groups is 2. The summed E-state index contributed by atoms with van der Waals surface area (Å²) in [6.45, 7) is 6.92. The molecule has 0 aliphatic carbocycles. The second-order valence-corrected chi connectivity index (χ2v) is 6.81. The number of fused-ring (bicyclic) bond motifs is 1. The third-order valence-corrected chi connectivity index (χ3v) is 4.55. The highest BCUT2D eigenvalue weighted by molar-refractivity contribution is 5.99. The van der Waals surface area contributed by atoms with Crippen LogP contribution in [0.5, 0.6) is 0 Å². The van der Waals surface area contributed by atoms with Crippen LogP contribution in [0.3, 0.4) is 0 Å². The largest absolute Gasteiger partial charge is 0.451 e. The van der Waals surface area contributed by atoms with Crippen LogP contribution in [0.1, 0.15) is 42.8 Å². The number of piperidine rings is 1.